The summed E-state index contributed by atoms with van der Waals surface area (Å²) >= 11 is 0. The third-order valence-corrected chi connectivity index (χ3v) is 3.57. The number of carbonyl (C=O) groups is 2. The summed E-state index contributed by atoms with van der Waals surface area (Å²) in [4.78, 5) is 25.7. The fraction of sp³-hybridized carbons (Fsp3) is 0.412. The lowest BCUT2D eigenvalue weighted by Gasteiger charge is -2.30. The van der Waals surface area contributed by atoms with Crippen molar-refractivity contribution in [1.29, 1.82) is 0 Å². The van der Waals surface area contributed by atoms with Gasteiger partial charge in [-0.15, -0.1) is 0 Å². The van der Waals surface area contributed by atoms with Crippen LogP contribution in [-0.4, -0.2) is 36.5 Å². The molecule has 4 nitrogen and oxygen atoms in total. The van der Waals surface area contributed by atoms with Crippen LogP contribution in [0.5, 0.6) is 0 Å². The number of hydrogen-bond acceptors (Lipinski definition) is 3. The first-order valence-electron chi connectivity index (χ1n) is 7.39. The highest BCUT2D eigenvalue weighted by Crippen LogP contribution is 2.18. The minimum absolute atomic E-state index is 0.0483. The largest absolute Gasteiger partial charge is 0.466 e. The number of ether oxygens (including phenoxy) is 1. The van der Waals surface area contributed by atoms with Crippen LogP contribution in [0.4, 0.5) is 0 Å². The average molecular weight is 287 g/mol. The first kappa shape index (κ1) is 15.3. The van der Waals surface area contributed by atoms with Crippen LogP contribution in [0.25, 0.3) is 6.08 Å². The standard InChI is InChI=1S/C17H21NO3/c1-2-21-17(20)15-9-6-12-18(13-15)16(19)11-10-14-7-4-3-5-8-14/h3-5,7-8,10-11,15H,2,6,9,12-13H2,1H3/b11-10+/t15-/m1/s1. The van der Waals surface area contributed by atoms with Gasteiger partial charge in [0.25, 0.3) is 0 Å². The molecule has 1 aromatic carbocycles. The quantitative estimate of drug-likeness (QED) is 0.631. The smallest absolute Gasteiger partial charge is 0.310 e. The molecular weight excluding hydrogens is 266 g/mol. The minimum atomic E-state index is -0.193. The lowest BCUT2D eigenvalue weighted by atomic mass is 9.98. The lowest BCUT2D eigenvalue weighted by molar-refractivity contribution is -0.150. The van der Waals surface area contributed by atoms with E-state index in [1.807, 2.05) is 30.3 Å². The summed E-state index contributed by atoms with van der Waals surface area (Å²) < 4.78 is 5.04. The molecule has 0 unspecified atom stereocenters. The summed E-state index contributed by atoms with van der Waals surface area (Å²) in [5.41, 5.74) is 0.991. The number of nitrogens with zero attached hydrogens (tertiary/aromatic N) is 1. The van der Waals surface area contributed by atoms with E-state index < -0.39 is 0 Å². The van der Waals surface area contributed by atoms with Crippen molar-refractivity contribution in [2.24, 2.45) is 5.92 Å². The maximum Gasteiger partial charge on any atom is 0.310 e. The molecule has 1 saturated heterocycles. The van der Waals surface area contributed by atoms with E-state index in [-0.39, 0.29) is 17.8 Å². The van der Waals surface area contributed by atoms with Gasteiger partial charge in [-0.1, -0.05) is 30.3 Å². The van der Waals surface area contributed by atoms with Crippen molar-refractivity contribution in [2.45, 2.75) is 19.8 Å². The highest BCUT2D eigenvalue weighted by atomic mass is 16.5. The minimum Gasteiger partial charge on any atom is -0.466 e. The second-order valence-corrected chi connectivity index (χ2v) is 5.12. The van der Waals surface area contributed by atoms with Crippen LogP contribution in [0.1, 0.15) is 25.3 Å². The van der Waals surface area contributed by atoms with Gasteiger partial charge < -0.3 is 9.64 Å². The summed E-state index contributed by atoms with van der Waals surface area (Å²) in [5.74, 6) is -0.428. The summed E-state index contributed by atoms with van der Waals surface area (Å²) in [5, 5.41) is 0. The zero-order valence-electron chi connectivity index (χ0n) is 12.3. The van der Waals surface area contributed by atoms with Crippen molar-refractivity contribution in [3.8, 4) is 0 Å². The van der Waals surface area contributed by atoms with Gasteiger partial charge in [0, 0.05) is 19.2 Å². The number of hydrogen-bond donors (Lipinski definition) is 0. The highest BCUT2D eigenvalue weighted by Gasteiger charge is 2.28. The van der Waals surface area contributed by atoms with E-state index in [9.17, 15) is 9.59 Å². The molecule has 1 aliphatic rings. The van der Waals surface area contributed by atoms with Crippen molar-refractivity contribution in [2.75, 3.05) is 19.7 Å². The number of rotatable bonds is 4. The maximum absolute atomic E-state index is 12.2. The van der Waals surface area contributed by atoms with Gasteiger partial charge in [0.05, 0.1) is 12.5 Å². The molecule has 1 fully saturated rings. The van der Waals surface area contributed by atoms with E-state index >= 15 is 0 Å². The SMILES string of the molecule is CCOC(=O)[C@@H]1CCCN(C(=O)/C=C/c2ccccc2)C1. The van der Waals surface area contributed by atoms with Crippen molar-refractivity contribution >= 4 is 18.0 Å². The molecule has 1 amide bonds. The van der Waals surface area contributed by atoms with Gasteiger partial charge in [0.2, 0.25) is 5.91 Å². The molecule has 0 spiro atoms. The Kier molecular flexibility index (Phi) is 5.55. The Bertz CT molecular complexity index is 510. The molecule has 21 heavy (non-hydrogen) atoms. The second-order valence-electron chi connectivity index (χ2n) is 5.12. The number of likely N-dealkylation sites (tertiary alicyclic amines) is 1. The monoisotopic (exact) mass is 287 g/mol. The predicted octanol–water partition coefficient (Wildman–Crippen LogP) is 2.50. The zero-order valence-corrected chi connectivity index (χ0v) is 12.3. The van der Waals surface area contributed by atoms with Crippen molar-refractivity contribution in [3.63, 3.8) is 0 Å². The normalized spacial score (nSPS) is 18.7. The molecule has 1 heterocycles. The molecule has 1 aromatic rings. The first-order chi connectivity index (χ1) is 10.2. The van der Waals surface area contributed by atoms with Crippen LogP contribution in [0.2, 0.25) is 0 Å². The summed E-state index contributed by atoms with van der Waals surface area (Å²) in [6, 6.07) is 9.69. The molecule has 1 aliphatic heterocycles. The molecule has 0 saturated carbocycles. The molecule has 112 valence electrons. The van der Waals surface area contributed by atoms with Gasteiger partial charge in [-0.3, -0.25) is 9.59 Å². The lowest BCUT2D eigenvalue weighted by Crippen LogP contribution is -2.42. The maximum atomic E-state index is 12.2. The molecule has 4 heteroatoms. The summed E-state index contributed by atoms with van der Waals surface area (Å²) in [6.45, 7) is 3.34. The second kappa shape index (κ2) is 7.62. The topological polar surface area (TPSA) is 46.6 Å². The third kappa shape index (κ3) is 4.45. The van der Waals surface area contributed by atoms with E-state index in [1.54, 1.807) is 24.0 Å². The molecule has 0 N–H and O–H groups in total. The third-order valence-electron chi connectivity index (χ3n) is 3.57. The molecule has 0 radical (unpaired) electrons. The average Bonchev–Trinajstić information content (AvgIpc) is 2.54. The summed E-state index contributed by atoms with van der Waals surface area (Å²) in [7, 11) is 0. The predicted molar refractivity (Wildman–Crippen MR) is 81.4 cm³/mol. The Morgan fingerprint density at radius 3 is 2.81 bits per heavy atom. The number of benzene rings is 1. The Balaban J connectivity index is 1.93. The number of carbonyl (C=O) groups excluding carboxylic acids is 2. The Labute approximate surface area is 125 Å². The van der Waals surface area contributed by atoms with Gasteiger partial charge >= 0.3 is 5.97 Å². The Morgan fingerprint density at radius 2 is 2.10 bits per heavy atom. The van der Waals surface area contributed by atoms with E-state index in [4.69, 9.17) is 4.74 Å². The van der Waals surface area contributed by atoms with Crippen molar-refractivity contribution < 1.29 is 14.3 Å². The van der Waals surface area contributed by atoms with Gasteiger partial charge in [0.15, 0.2) is 0 Å². The fourth-order valence-electron chi connectivity index (χ4n) is 2.47. The number of amides is 1. The van der Waals surface area contributed by atoms with E-state index in [1.165, 1.54) is 0 Å². The Hall–Kier alpha value is -2.10. The van der Waals surface area contributed by atoms with E-state index in [0.29, 0.717) is 19.7 Å². The van der Waals surface area contributed by atoms with Crippen LogP contribution in [0.3, 0.4) is 0 Å². The van der Waals surface area contributed by atoms with Gasteiger partial charge in [-0.05, 0) is 31.4 Å². The van der Waals surface area contributed by atoms with E-state index in [2.05, 4.69) is 0 Å². The first-order valence-corrected chi connectivity index (χ1v) is 7.39. The zero-order chi connectivity index (χ0) is 15.1. The van der Waals surface area contributed by atoms with Crippen LogP contribution < -0.4 is 0 Å². The van der Waals surface area contributed by atoms with E-state index in [0.717, 1.165) is 18.4 Å². The van der Waals surface area contributed by atoms with Crippen molar-refractivity contribution in [3.05, 3.63) is 42.0 Å². The molecule has 0 bridgehead atoms. The molecule has 1 atom stereocenters. The highest BCUT2D eigenvalue weighted by molar-refractivity contribution is 5.92. The van der Waals surface area contributed by atoms with Crippen LogP contribution in [-0.2, 0) is 14.3 Å². The van der Waals surface area contributed by atoms with Crippen LogP contribution >= 0.6 is 0 Å². The molecular formula is C17H21NO3. The number of piperidine rings is 1. The summed E-state index contributed by atoms with van der Waals surface area (Å²) in [6.07, 6.45) is 5.01. The molecule has 0 aliphatic carbocycles. The van der Waals surface area contributed by atoms with Gasteiger partial charge in [-0.2, -0.15) is 0 Å². The molecule has 0 aromatic heterocycles. The molecule has 2 rings (SSSR count). The number of esters is 1. The fourth-order valence-corrected chi connectivity index (χ4v) is 2.47. The van der Waals surface area contributed by atoms with Gasteiger partial charge in [0.1, 0.15) is 0 Å². The van der Waals surface area contributed by atoms with Crippen LogP contribution in [0, 0.1) is 5.92 Å². The van der Waals surface area contributed by atoms with Crippen LogP contribution in [0.15, 0.2) is 36.4 Å². The Morgan fingerprint density at radius 1 is 1.33 bits per heavy atom. The van der Waals surface area contributed by atoms with Crippen molar-refractivity contribution in [1.82, 2.24) is 4.90 Å². The van der Waals surface area contributed by atoms with Gasteiger partial charge in [-0.25, -0.2) is 0 Å².